The van der Waals surface area contributed by atoms with E-state index in [1.807, 2.05) is 93.6 Å². The van der Waals surface area contributed by atoms with Gasteiger partial charge in [-0.3, -0.25) is 4.79 Å². The van der Waals surface area contributed by atoms with Crippen molar-refractivity contribution in [3.8, 4) is 17.2 Å². The summed E-state index contributed by atoms with van der Waals surface area (Å²) >= 11 is 0. The van der Waals surface area contributed by atoms with Gasteiger partial charge < -0.3 is 33.5 Å². The van der Waals surface area contributed by atoms with E-state index in [0.717, 1.165) is 16.7 Å². The second kappa shape index (κ2) is 14.5. The Morgan fingerprint density at radius 1 is 0.938 bits per heavy atom. The first-order valence-electron chi connectivity index (χ1n) is 16.5. The van der Waals surface area contributed by atoms with Gasteiger partial charge in [0.2, 0.25) is 0 Å². The van der Waals surface area contributed by atoms with Crippen LogP contribution < -0.4 is 9.47 Å². The summed E-state index contributed by atoms with van der Waals surface area (Å²) in [6, 6.07) is 25.4. The molecule has 252 valence electrons. The highest BCUT2D eigenvalue weighted by molar-refractivity contribution is 6.09. The van der Waals surface area contributed by atoms with Gasteiger partial charge in [-0.1, -0.05) is 66.7 Å². The minimum Gasteiger partial charge on any atom is -0.506 e. The lowest BCUT2D eigenvalue weighted by atomic mass is 9.76. The predicted molar refractivity (Wildman–Crippen MR) is 184 cm³/mol. The van der Waals surface area contributed by atoms with Crippen molar-refractivity contribution in [1.29, 1.82) is 0 Å². The largest absolute Gasteiger partial charge is 0.506 e. The molecule has 8 nitrogen and oxygen atoms in total. The lowest BCUT2D eigenvalue weighted by molar-refractivity contribution is -0.176. The molecule has 2 aliphatic rings. The highest BCUT2D eigenvalue weighted by Crippen LogP contribution is 2.45. The van der Waals surface area contributed by atoms with E-state index in [4.69, 9.17) is 28.4 Å². The standard InChI is InChI=1S/C40H44O8/c1-6-17-44-39(37-25(2)47-40(3,4)48-37)38(43-5)30-19-28-18-29-20-31(45-23-26-13-9-7-10-14-26)22-33(46-24-27-15-11-8-12-16-27)35(29)36(42)34(28)32(41)21-30/h6-16,18,20,22,25,30,37-39,42H,1,17,19,21,23-24H2,2-5H3/t25-,30-,37+,38+,39?/m1/s1. The lowest BCUT2D eigenvalue weighted by Gasteiger charge is -2.38. The van der Waals surface area contributed by atoms with E-state index in [0.29, 0.717) is 40.9 Å². The number of ketones is 1. The number of phenolic OH excluding ortho intramolecular Hbond substituents is 1. The Hall–Kier alpha value is -4.21. The van der Waals surface area contributed by atoms with Gasteiger partial charge in [-0.25, -0.2) is 0 Å². The predicted octanol–water partition coefficient (Wildman–Crippen LogP) is 7.57. The Morgan fingerprint density at radius 2 is 1.60 bits per heavy atom. The molecule has 1 heterocycles. The van der Waals surface area contributed by atoms with Crippen molar-refractivity contribution in [3.05, 3.63) is 114 Å². The molecule has 0 saturated carbocycles. The van der Waals surface area contributed by atoms with Crippen molar-refractivity contribution in [2.45, 2.75) is 77.0 Å². The van der Waals surface area contributed by atoms with Crippen LogP contribution in [0.25, 0.3) is 10.8 Å². The number of Topliss-reactive ketones (excluding diaryl/α,β-unsaturated/α-hetero) is 1. The Bertz CT molecular complexity index is 1740. The monoisotopic (exact) mass is 652 g/mol. The third-order valence-corrected chi connectivity index (χ3v) is 9.07. The maximum Gasteiger partial charge on any atom is 0.167 e. The maximum atomic E-state index is 13.9. The Kier molecular flexibility index (Phi) is 10.2. The van der Waals surface area contributed by atoms with Crippen molar-refractivity contribution in [2.75, 3.05) is 13.7 Å². The summed E-state index contributed by atoms with van der Waals surface area (Å²) in [5.74, 6) is -0.237. The SMILES string of the molecule is C=CCOC([C@@H](OC)[C@H]1CC(=O)c2c(cc3cc(OCc4ccccc4)cc(OCc4ccccc4)c3c2O)C1)[C@H]1OC(C)(C)O[C@@H]1C. The van der Waals surface area contributed by atoms with Crippen LogP contribution in [0.4, 0.5) is 0 Å². The summed E-state index contributed by atoms with van der Waals surface area (Å²) in [5.41, 5.74) is 3.05. The van der Waals surface area contributed by atoms with Crippen LogP contribution in [-0.4, -0.2) is 54.8 Å². The third-order valence-electron chi connectivity index (χ3n) is 9.07. The number of carbonyl (C=O) groups is 1. The first-order chi connectivity index (χ1) is 23.2. The molecule has 48 heavy (non-hydrogen) atoms. The molecule has 1 fully saturated rings. The van der Waals surface area contributed by atoms with Gasteiger partial charge >= 0.3 is 0 Å². The van der Waals surface area contributed by atoms with Crippen LogP contribution in [0.5, 0.6) is 17.2 Å². The number of carbonyl (C=O) groups excluding carboxylic acids is 1. The fourth-order valence-corrected chi connectivity index (χ4v) is 7.04. The van der Waals surface area contributed by atoms with Crippen molar-refractivity contribution >= 4 is 16.6 Å². The second-order valence-electron chi connectivity index (χ2n) is 13.0. The van der Waals surface area contributed by atoms with E-state index in [1.165, 1.54) is 0 Å². The van der Waals surface area contributed by atoms with Crippen LogP contribution in [0.3, 0.4) is 0 Å². The molecule has 1 aliphatic carbocycles. The molecule has 6 rings (SSSR count). The van der Waals surface area contributed by atoms with E-state index < -0.39 is 24.1 Å². The summed E-state index contributed by atoms with van der Waals surface area (Å²) in [4.78, 5) is 13.9. The molecule has 1 aliphatic heterocycles. The minimum atomic E-state index is -0.779. The second-order valence-corrected chi connectivity index (χ2v) is 13.0. The number of benzene rings is 4. The van der Waals surface area contributed by atoms with Crippen molar-refractivity contribution in [3.63, 3.8) is 0 Å². The van der Waals surface area contributed by atoms with Gasteiger partial charge in [-0.05, 0) is 67.3 Å². The van der Waals surface area contributed by atoms with E-state index >= 15 is 0 Å². The van der Waals surface area contributed by atoms with E-state index in [2.05, 4.69) is 6.58 Å². The molecule has 8 heteroatoms. The van der Waals surface area contributed by atoms with Crippen LogP contribution in [-0.2, 0) is 38.6 Å². The van der Waals surface area contributed by atoms with Gasteiger partial charge in [0.15, 0.2) is 11.6 Å². The summed E-state index contributed by atoms with van der Waals surface area (Å²) in [6.45, 7) is 10.5. The highest BCUT2D eigenvalue weighted by atomic mass is 16.8. The number of hydrogen-bond donors (Lipinski definition) is 1. The molecule has 4 aromatic rings. The van der Waals surface area contributed by atoms with Gasteiger partial charge in [-0.2, -0.15) is 0 Å². The van der Waals surface area contributed by atoms with Gasteiger partial charge in [0.25, 0.3) is 0 Å². The number of methoxy groups -OCH3 is 1. The summed E-state index contributed by atoms with van der Waals surface area (Å²) in [6.07, 6.45) is 0.659. The Balaban J connectivity index is 1.36. The average Bonchev–Trinajstić information content (AvgIpc) is 3.36. The maximum absolute atomic E-state index is 13.9. The Morgan fingerprint density at radius 3 is 2.21 bits per heavy atom. The van der Waals surface area contributed by atoms with Crippen LogP contribution in [0.1, 0.15) is 54.2 Å². The molecule has 1 N–H and O–H groups in total. The lowest BCUT2D eigenvalue weighted by Crippen LogP contribution is -2.50. The number of rotatable bonds is 13. The zero-order chi connectivity index (χ0) is 33.8. The quantitative estimate of drug-likeness (QED) is 0.148. The molecule has 0 spiro atoms. The summed E-state index contributed by atoms with van der Waals surface area (Å²) < 4.78 is 37.3. The molecular weight excluding hydrogens is 608 g/mol. The number of fused-ring (bicyclic) bond motifs is 2. The molecule has 0 amide bonds. The molecule has 4 aromatic carbocycles. The van der Waals surface area contributed by atoms with Gasteiger partial charge in [-0.15, -0.1) is 6.58 Å². The van der Waals surface area contributed by atoms with Crippen LogP contribution in [0, 0.1) is 5.92 Å². The molecule has 0 bridgehead atoms. The molecule has 0 aromatic heterocycles. The van der Waals surface area contributed by atoms with Crippen molar-refractivity contribution < 1.29 is 38.3 Å². The van der Waals surface area contributed by atoms with Gasteiger partial charge in [0.05, 0.1) is 29.8 Å². The van der Waals surface area contributed by atoms with Crippen LogP contribution >= 0.6 is 0 Å². The zero-order valence-electron chi connectivity index (χ0n) is 28.0. The normalized spacial score (nSPS) is 21.4. The van der Waals surface area contributed by atoms with Crippen LogP contribution in [0.15, 0.2) is 91.5 Å². The Labute approximate surface area is 282 Å². The highest BCUT2D eigenvalue weighted by Gasteiger charge is 2.48. The van der Waals surface area contributed by atoms with Gasteiger partial charge in [0, 0.05) is 19.6 Å². The number of aromatic hydroxyl groups is 1. The van der Waals surface area contributed by atoms with Crippen LogP contribution in [0.2, 0.25) is 0 Å². The van der Waals surface area contributed by atoms with Crippen molar-refractivity contribution in [1.82, 2.24) is 0 Å². The fourth-order valence-electron chi connectivity index (χ4n) is 7.04. The topological polar surface area (TPSA) is 92.7 Å². The smallest absolute Gasteiger partial charge is 0.167 e. The molecular formula is C40H44O8. The first kappa shape index (κ1) is 33.7. The zero-order valence-corrected chi connectivity index (χ0v) is 28.0. The average molecular weight is 653 g/mol. The molecule has 1 saturated heterocycles. The third kappa shape index (κ3) is 7.27. The number of ether oxygens (including phenoxy) is 6. The molecule has 0 radical (unpaired) electrons. The van der Waals surface area contributed by atoms with E-state index in [9.17, 15) is 9.90 Å². The number of hydrogen-bond acceptors (Lipinski definition) is 8. The van der Waals surface area contributed by atoms with Crippen molar-refractivity contribution in [2.24, 2.45) is 5.92 Å². The van der Waals surface area contributed by atoms with Gasteiger partial charge in [0.1, 0.15) is 42.7 Å². The van der Waals surface area contributed by atoms with E-state index in [-0.39, 0.29) is 43.2 Å². The number of phenols is 1. The molecule has 1 unspecified atom stereocenters. The minimum absolute atomic E-state index is 0.0834. The summed E-state index contributed by atoms with van der Waals surface area (Å²) in [5, 5.41) is 13.0. The van der Waals surface area contributed by atoms with E-state index in [1.54, 1.807) is 19.3 Å². The summed E-state index contributed by atoms with van der Waals surface area (Å²) in [7, 11) is 1.63. The molecule has 5 atom stereocenters. The first-order valence-corrected chi connectivity index (χ1v) is 16.5. The fraction of sp³-hybridized carbons (Fsp3) is 0.375.